The van der Waals surface area contributed by atoms with Crippen LogP contribution in [0.15, 0.2) is 64.2 Å². The van der Waals surface area contributed by atoms with Crippen molar-refractivity contribution in [2.75, 3.05) is 12.4 Å². The number of hydrogen-bond acceptors (Lipinski definition) is 8. The minimum atomic E-state index is -0.709. The Hall–Kier alpha value is -3.75. The fourth-order valence-electron chi connectivity index (χ4n) is 4.63. The van der Waals surface area contributed by atoms with E-state index in [9.17, 15) is 15.3 Å². The first-order valence-electron chi connectivity index (χ1n) is 12.2. The van der Waals surface area contributed by atoms with E-state index in [1.54, 1.807) is 6.92 Å². The molecule has 0 unspecified atom stereocenters. The fourth-order valence-corrected chi connectivity index (χ4v) is 5.55. The lowest BCUT2D eigenvalue weighted by atomic mass is 9.83. The van der Waals surface area contributed by atoms with Crippen molar-refractivity contribution in [2.24, 2.45) is 5.73 Å². The number of aryl methyl sites for hydroxylation is 2. The zero-order valence-corrected chi connectivity index (χ0v) is 21.1. The second-order valence-corrected chi connectivity index (χ2v) is 9.62. The SMILES string of the molecule is CCOC(=O)C1=C(CSc2nc3c(cc2C#N)CCCCCC3)OC(N)=C(C#N)[C@@H]1c1ccccc1. The monoisotopic (exact) mass is 500 g/mol. The van der Waals surface area contributed by atoms with Crippen molar-refractivity contribution in [3.63, 3.8) is 0 Å². The van der Waals surface area contributed by atoms with E-state index in [4.69, 9.17) is 20.2 Å². The van der Waals surface area contributed by atoms with Gasteiger partial charge in [-0.25, -0.2) is 9.78 Å². The van der Waals surface area contributed by atoms with Crippen LogP contribution in [0.4, 0.5) is 0 Å². The summed E-state index contributed by atoms with van der Waals surface area (Å²) in [4.78, 5) is 18.0. The Balaban J connectivity index is 1.73. The third kappa shape index (κ3) is 5.40. The highest BCUT2D eigenvalue weighted by Crippen LogP contribution is 2.41. The third-order valence-electron chi connectivity index (χ3n) is 6.35. The molecule has 2 N–H and O–H groups in total. The molecule has 1 atom stereocenters. The number of nitrogens with zero attached hydrogens (tertiary/aromatic N) is 3. The Labute approximate surface area is 215 Å². The maximum atomic E-state index is 13.1. The van der Waals surface area contributed by atoms with Crippen LogP contribution in [-0.2, 0) is 27.1 Å². The van der Waals surface area contributed by atoms with Crippen molar-refractivity contribution in [1.82, 2.24) is 4.98 Å². The number of nitrogens with two attached hydrogens (primary N) is 1. The second-order valence-electron chi connectivity index (χ2n) is 8.65. The minimum Gasteiger partial charge on any atom is -0.463 e. The average molecular weight is 501 g/mol. The van der Waals surface area contributed by atoms with E-state index >= 15 is 0 Å². The van der Waals surface area contributed by atoms with Gasteiger partial charge >= 0.3 is 5.97 Å². The molecule has 0 spiro atoms. The summed E-state index contributed by atoms with van der Waals surface area (Å²) in [5.41, 5.74) is 9.99. The van der Waals surface area contributed by atoms with Crippen molar-refractivity contribution < 1.29 is 14.3 Å². The quantitative estimate of drug-likeness (QED) is 0.433. The van der Waals surface area contributed by atoms with Gasteiger partial charge in [0.25, 0.3) is 0 Å². The van der Waals surface area contributed by atoms with Crippen molar-refractivity contribution >= 4 is 17.7 Å². The fraction of sp³-hybridized carbons (Fsp3) is 0.357. The number of thioether (sulfide) groups is 1. The Bertz CT molecular complexity index is 1290. The predicted octanol–water partition coefficient (Wildman–Crippen LogP) is 5.03. The molecular weight excluding hydrogens is 472 g/mol. The van der Waals surface area contributed by atoms with Gasteiger partial charge in [0.2, 0.25) is 5.88 Å². The van der Waals surface area contributed by atoms with Gasteiger partial charge in [0.1, 0.15) is 28.5 Å². The van der Waals surface area contributed by atoms with Gasteiger partial charge in [0.15, 0.2) is 0 Å². The maximum Gasteiger partial charge on any atom is 0.338 e. The summed E-state index contributed by atoms with van der Waals surface area (Å²) in [5, 5.41) is 20.3. The van der Waals surface area contributed by atoms with Crippen LogP contribution in [0.3, 0.4) is 0 Å². The van der Waals surface area contributed by atoms with Crippen LogP contribution in [0, 0.1) is 22.7 Å². The number of hydrogen-bond donors (Lipinski definition) is 1. The zero-order chi connectivity index (χ0) is 25.5. The lowest BCUT2D eigenvalue weighted by Crippen LogP contribution is -2.27. The van der Waals surface area contributed by atoms with E-state index in [1.807, 2.05) is 36.4 Å². The standard InChI is InChI=1S/C28H28N4O3S/c1-2-34-28(33)25-23(35-26(31)21(16-30)24(25)18-10-7-5-8-11-18)17-36-27-20(15-29)14-19-12-6-3-4-9-13-22(19)32-27/h5,7-8,10-11,14,24H,2-4,6,9,12-13,17,31H2,1H3/t24-/m0/s1. The zero-order valence-electron chi connectivity index (χ0n) is 20.3. The van der Waals surface area contributed by atoms with Gasteiger partial charge < -0.3 is 15.2 Å². The number of rotatable bonds is 6. The van der Waals surface area contributed by atoms with Gasteiger partial charge in [-0.15, -0.1) is 0 Å². The molecule has 0 saturated heterocycles. The van der Waals surface area contributed by atoms with Crippen molar-refractivity contribution in [3.8, 4) is 12.1 Å². The molecule has 36 heavy (non-hydrogen) atoms. The lowest BCUT2D eigenvalue weighted by molar-refractivity contribution is -0.139. The topological polar surface area (TPSA) is 122 Å². The molecule has 184 valence electrons. The minimum absolute atomic E-state index is 0.0401. The second kappa shape index (κ2) is 11.8. The van der Waals surface area contributed by atoms with Gasteiger partial charge in [-0.2, -0.15) is 10.5 Å². The van der Waals surface area contributed by atoms with Gasteiger partial charge in [-0.1, -0.05) is 54.9 Å². The van der Waals surface area contributed by atoms with Crippen LogP contribution in [-0.4, -0.2) is 23.3 Å². The number of nitriles is 2. The van der Waals surface area contributed by atoms with Gasteiger partial charge in [-0.05, 0) is 49.8 Å². The highest BCUT2D eigenvalue weighted by atomic mass is 32.2. The summed E-state index contributed by atoms with van der Waals surface area (Å²) in [6, 6.07) is 15.6. The lowest BCUT2D eigenvalue weighted by Gasteiger charge is -2.28. The molecule has 0 amide bonds. The van der Waals surface area contributed by atoms with E-state index < -0.39 is 11.9 Å². The Morgan fingerprint density at radius 3 is 2.61 bits per heavy atom. The molecule has 0 radical (unpaired) electrons. The number of carbonyl (C=O) groups is 1. The number of ether oxygens (including phenoxy) is 2. The first kappa shape index (κ1) is 25.3. The third-order valence-corrected chi connectivity index (χ3v) is 7.34. The van der Waals surface area contributed by atoms with E-state index in [-0.39, 0.29) is 29.4 Å². The molecule has 0 bridgehead atoms. The van der Waals surface area contributed by atoms with E-state index in [2.05, 4.69) is 12.1 Å². The van der Waals surface area contributed by atoms with E-state index in [0.717, 1.165) is 42.5 Å². The van der Waals surface area contributed by atoms with Crippen LogP contribution in [0.1, 0.15) is 60.9 Å². The molecule has 0 saturated carbocycles. The summed E-state index contributed by atoms with van der Waals surface area (Å²) in [6.07, 6.45) is 6.38. The van der Waals surface area contributed by atoms with Gasteiger partial charge in [-0.3, -0.25) is 0 Å². The van der Waals surface area contributed by atoms with Gasteiger partial charge in [0, 0.05) is 5.69 Å². The maximum absolute atomic E-state index is 13.1. The van der Waals surface area contributed by atoms with Crippen LogP contribution in [0.25, 0.3) is 0 Å². The molecule has 0 fully saturated rings. The molecule has 1 aromatic carbocycles. The summed E-state index contributed by atoms with van der Waals surface area (Å²) in [5.74, 6) is -0.798. The Kier molecular flexibility index (Phi) is 8.30. The largest absolute Gasteiger partial charge is 0.463 e. The Morgan fingerprint density at radius 1 is 1.17 bits per heavy atom. The molecule has 1 aliphatic carbocycles. The van der Waals surface area contributed by atoms with E-state index in [1.165, 1.54) is 24.6 Å². The molecule has 2 aliphatic rings. The molecule has 7 nitrogen and oxygen atoms in total. The molecule has 2 aromatic rings. The summed E-state index contributed by atoms with van der Waals surface area (Å²) >= 11 is 1.33. The number of aromatic nitrogens is 1. The van der Waals surface area contributed by atoms with Gasteiger partial charge in [0.05, 0.1) is 29.4 Å². The van der Waals surface area contributed by atoms with Crippen molar-refractivity contribution in [1.29, 1.82) is 10.5 Å². The first-order chi connectivity index (χ1) is 17.6. The number of pyridine rings is 1. The number of esters is 1. The first-order valence-corrected chi connectivity index (χ1v) is 13.1. The Morgan fingerprint density at radius 2 is 1.92 bits per heavy atom. The van der Waals surface area contributed by atoms with Crippen LogP contribution in [0.2, 0.25) is 0 Å². The average Bonchev–Trinajstić information content (AvgIpc) is 2.88. The van der Waals surface area contributed by atoms with Crippen LogP contribution < -0.4 is 5.73 Å². The number of benzene rings is 1. The molecule has 1 aliphatic heterocycles. The number of allylic oxidation sites excluding steroid dienone is 1. The molecule has 4 rings (SSSR count). The highest BCUT2D eigenvalue weighted by molar-refractivity contribution is 7.99. The van der Waals surface area contributed by atoms with Crippen molar-refractivity contribution in [2.45, 2.75) is 56.4 Å². The van der Waals surface area contributed by atoms with Crippen LogP contribution in [0.5, 0.6) is 0 Å². The molecule has 8 heteroatoms. The van der Waals surface area contributed by atoms with E-state index in [0.29, 0.717) is 16.3 Å². The number of fused-ring (bicyclic) bond motifs is 1. The summed E-state index contributed by atoms with van der Waals surface area (Å²) < 4.78 is 11.2. The van der Waals surface area contributed by atoms with Crippen LogP contribution >= 0.6 is 11.8 Å². The molecule has 1 aromatic heterocycles. The number of carbonyl (C=O) groups excluding carboxylic acids is 1. The normalized spacial score (nSPS) is 17.7. The molecular formula is C28H28N4O3S. The van der Waals surface area contributed by atoms with Crippen molar-refractivity contribution in [3.05, 3.63) is 81.6 Å². The highest BCUT2D eigenvalue weighted by Gasteiger charge is 2.37. The predicted molar refractivity (Wildman–Crippen MR) is 136 cm³/mol. The smallest absolute Gasteiger partial charge is 0.338 e. The summed E-state index contributed by atoms with van der Waals surface area (Å²) in [6.45, 7) is 1.90. The molecule has 2 heterocycles. The summed E-state index contributed by atoms with van der Waals surface area (Å²) in [7, 11) is 0.